The van der Waals surface area contributed by atoms with Gasteiger partial charge < -0.3 is 39.4 Å². The Balaban J connectivity index is 1.44. The summed E-state index contributed by atoms with van der Waals surface area (Å²) in [7, 11) is 0. The van der Waals surface area contributed by atoms with Crippen molar-refractivity contribution in [1.82, 2.24) is 0 Å². The van der Waals surface area contributed by atoms with Gasteiger partial charge in [0, 0.05) is 23.8 Å². The number of carbonyl (C=O) groups excluding carboxylic acids is 3. The predicted molar refractivity (Wildman–Crippen MR) is 151 cm³/mol. The lowest BCUT2D eigenvalue weighted by molar-refractivity contribution is -0.332. The fourth-order valence-electron chi connectivity index (χ4n) is 7.45. The first kappa shape index (κ1) is 31.3. The van der Waals surface area contributed by atoms with Gasteiger partial charge in [0.25, 0.3) is 0 Å². The summed E-state index contributed by atoms with van der Waals surface area (Å²) in [5.41, 5.74) is -2.72. The number of fused-ring (bicyclic) bond motifs is 1. The highest BCUT2D eigenvalue weighted by molar-refractivity contribution is 5.92. The Bertz CT molecular complexity index is 1340. The van der Waals surface area contributed by atoms with Crippen LogP contribution in [0.25, 0.3) is 6.08 Å². The van der Waals surface area contributed by atoms with Crippen LogP contribution in [0.2, 0.25) is 0 Å². The third-order valence-corrected chi connectivity index (χ3v) is 9.62. The van der Waals surface area contributed by atoms with E-state index in [2.05, 4.69) is 0 Å². The fraction of sp³-hybridized carbons (Fsp3) is 0.594. The van der Waals surface area contributed by atoms with Crippen molar-refractivity contribution in [3.05, 3.63) is 47.6 Å². The normalized spacial score (nSPS) is 37.6. The molecule has 3 aliphatic carbocycles. The molecule has 2 saturated carbocycles. The summed E-state index contributed by atoms with van der Waals surface area (Å²) in [6.07, 6.45) is -1.28. The molecule has 0 aromatic heterocycles. The highest BCUT2D eigenvalue weighted by atomic mass is 16.7. The van der Waals surface area contributed by atoms with Crippen molar-refractivity contribution >= 4 is 23.8 Å². The Labute approximate surface area is 250 Å². The van der Waals surface area contributed by atoms with Gasteiger partial charge in [0.05, 0.1) is 18.1 Å². The molecule has 0 unspecified atom stereocenters. The Morgan fingerprint density at radius 3 is 2.33 bits per heavy atom. The first-order valence-electron chi connectivity index (χ1n) is 14.5. The van der Waals surface area contributed by atoms with Crippen LogP contribution >= 0.6 is 0 Å². The van der Waals surface area contributed by atoms with Gasteiger partial charge >= 0.3 is 11.9 Å². The molecule has 0 bridgehead atoms. The Morgan fingerprint density at radius 1 is 1.09 bits per heavy atom. The molecule has 5 rings (SSSR count). The third-order valence-electron chi connectivity index (χ3n) is 9.62. The standard InChI is InChI=1S/C32H40O11/c1-17-14-32(16-29(3,4)27(38)26(32)30(5,39)31(17)12-13-31)43-28-25(40-18(2)34)23(37)24(21(15-33)41-28)42-22(36)11-8-19-6-9-20(35)10-7-19/h6-11,14,21,23-26,28,33,35,37,39H,12-13,15-16H2,1-5H3/b11-8+/t21-,23+,24-,25-,26-,28+,30-,32+/m1/s1. The van der Waals surface area contributed by atoms with Crippen LogP contribution in [-0.2, 0) is 33.3 Å². The number of aliphatic hydroxyl groups excluding tert-OH is 2. The molecule has 234 valence electrons. The molecule has 0 radical (unpaired) electrons. The minimum Gasteiger partial charge on any atom is -0.508 e. The summed E-state index contributed by atoms with van der Waals surface area (Å²) in [4.78, 5) is 38.6. The van der Waals surface area contributed by atoms with Crippen molar-refractivity contribution in [3.8, 4) is 5.75 Å². The minimum atomic E-state index is -1.67. The minimum absolute atomic E-state index is 0.0622. The van der Waals surface area contributed by atoms with E-state index in [1.165, 1.54) is 18.2 Å². The molecule has 1 aliphatic heterocycles. The zero-order valence-corrected chi connectivity index (χ0v) is 25.0. The van der Waals surface area contributed by atoms with E-state index in [9.17, 15) is 34.8 Å². The maximum atomic E-state index is 13.8. The zero-order valence-electron chi connectivity index (χ0n) is 25.0. The Hall–Kier alpha value is -3.09. The number of hydrogen-bond donors (Lipinski definition) is 4. The molecule has 0 amide bonds. The maximum Gasteiger partial charge on any atom is 0.331 e. The van der Waals surface area contributed by atoms with Gasteiger partial charge in [-0.2, -0.15) is 0 Å². The van der Waals surface area contributed by atoms with Crippen LogP contribution < -0.4 is 0 Å². The molecule has 1 aromatic rings. The van der Waals surface area contributed by atoms with Gasteiger partial charge in [-0.15, -0.1) is 0 Å². The lowest BCUT2D eigenvalue weighted by Crippen LogP contribution is -2.65. The molecule has 43 heavy (non-hydrogen) atoms. The molecular weight excluding hydrogens is 560 g/mol. The second-order valence-corrected chi connectivity index (χ2v) is 13.1. The van der Waals surface area contributed by atoms with Crippen LogP contribution in [0.4, 0.5) is 0 Å². The molecular formula is C32H40O11. The van der Waals surface area contributed by atoms with Crippen LogP contribution in [-0.4, -0.2) is 86.7 Å². The van der Waals surface area contributed by atoms with E-state index in [1.54, 1.807) is 32.9 Å². The van der Waals surface area contributed by atoms with Gasteiger partial charge in [0.1, 0.15) is 29.3 Å². The van der Waals surface area contributed by atoms with Crippen LogP contribution in [0.1, 0.15) is 59.4 Å². The molecule has 4 aliphatic rings. The van der Waals surface area contributed by atoms with E-state index in [-0.39, 0.29) is 18.0 Å². The van der Waals surface area contributed by atoms with Crippen molar-refractivity contribution in [2.24, 2.45) is 16.7 Å². The Morgan fingerprint density at radius 2 is 1.74 bits per heavy atom. The Kier molecular flexibility index (Phi) is 7.88. The lowest BCUT2D eigenvalue weighted by atomic mass is 9.61. The van der Waals surface area contributed by atoms with Gasteiger partial charge in [-0.25, -0.2) is 4.79 Å². The second kappa shape index (κ2) is 10.8. The predicted octanol–water partition coefficient (Wildman–Crippen LogP) is 2.19. The fourth-order valence-corrected chi connectivity index (χ4v) is 7.45. The number of hydrogen-bond acceptors (Lipinski definition) is 11. The summed E-state index contributed by atoms with van der Waals surface area (Å²) in [6, 6.07) is 6.06. The van der Waals surface area contributed by atoms with Gasteiger partial charge in [-0.1, -0.05) is 37.6 Å². The number of Topliss-reactive ketones (excluding diaryl/α,β-unsaturated/α-hetero) is 1. The van der Waals surface area contributed by atoms with Crippen LogP contribution in [0.15, 0.2) is 42.0 Å². The van der Waals surface area contributed by atoms with Crippen molar-refractivity contribution in [2.45, 2.75) is 95.8 Å². The first-order chi connectivity index (χ1) is 20.1. The van der Waals surface area contributed by atoms with E-state index >= 15 is 0 Å². The van der Waals surface area contributed by atoms with Crippen molar-refractivity contribution < 1.29 is 53.8 Å². The molecule has 1 heterocycles. The summed E-state index contributed by atoms with van der Waals surface area (Å²) in [6.45, 7) is 7.59. The summed E-state index contributed by atoms with van der Waals surface area (Å²) in [5.74, 6) is -2.70. The average molecular weight is 601 g/mol. The first-order valence-corrected chi connectivity index (χ1v) is 14.5. The molecule has 8 atom stereocenters. The van der Waals surface area contributed by atoms with E-state index < -0.39 is 77.2 Å². The number of aliphatic hydroxyl groups is 3. The van der Waals surface area contributed by atoms with Gasteiger partial charge in [-0.3, -0.25) is 9.59 Å². The van der Waals surface area contributed by atoms with Gasteiger partial charge in [-0.05, 0) is 56.9 Å². The number of carbonyl (C=O) groups is 3. The van der Waals surface area contributed by atoms with E-state index in [0.717, 1.165) is 31.4 Å². The highest BCUT2D eigenvalue weighted by Crippen LogP contribution is 2.69. The number of rotatable bonds is 7. The van der Waals surface area contributed by atoms with E-state index in [4.69, 9.17) is 18.9 Å². The number of phenols is 1. The van der Waals surface area contributed by atoms with Gasteiger partial charge in [0.2, 0.25) is 0 Å². The van der Waals surface area contributed by atoms with Crippen molar-refractivity contribution in [3.63, 3.8) is 0 Å². The quantitative estimate of drug-likeness (QED) is 0.206. The number of benzene rings is 1. The number of esters is 2. The SMILES string of the molecule is CC(=O)O[C@H]1[C@H](O[C@]23C=C(C)C4(CC4)[C@](C)(O)[C@H]2C(=O)C(C)(C)C3)O[C@H](CO)[C@@H](OC(=O)/C=C/c2ccc(O)cc2)[C@@H]1O. The molecule has 11 heteroatoms. The van der Waals surface area contributed by atoms with Crippen LogP contribution in [0.5, 0.6) is 5.75 Å². The van der Waals surface area contributed by atoms with Gasteiger partial charge in [0.15, 0.2) is 18.5 Å². The topological polar surface area (TPSA) is 169 Å². The number of aromatic hydroxyl groups is 1. The molecule has 1 spiro atoms. The number of phenolic OH excluding ortho intramolecular Hbond substituents is 1. The number of ketones is 1. The van der Waals surface area contributed by atoms with E-state index in [0.29, 0.717) is 5.56 Å². The molecule has 3 fully saturated rings. The summed E-state index contributed by atoms with van der Waals surface area (Å²) >= 11 is 0. The van der Waals surface area contributed by atoms with Crippen molar-refractivity contribution in [2.75, 3.05) is 6.61 Å². The largest absolute Gasteiger partial charge is 0.508 e. The molecule has 11 nitrogen and oxygen atoms in total. The highest BCUT2D eigenvalue weighted by Gasteiger charge is 2.74. The van der Waals surface area contributed by atoms with Crippen LogP contribution in [0.3, 0.4) is 0 Å². The molecule has 4 N–H and O–H groups in total. The second-order valence-electron chi connectivity index (χ2n) is 13.1. The number of ether oxygens (including phenoxy) is 4. The van der Waals surface area contributed by atoms with Crippen LogP contribution in [0, 0.1) is 16.7 Å². The van der Waals surface area contributed by atoms with E-state index in [1.807, 2.05) is 13.0 Å². The maximum absolute atomic E-state index is 13.8. The zero-order chi connectivity index (χ0) is 31.5. The van der Waals surface area contributed by atoms with Crippen molar-refractivity contribution in [1.29, 1.82) is 0 Å². The smallest absolute Gasteiger partial charge is 0.331 e. The monoisotopic (exact) mass is 600 g/mol. The average Bonchev–Trinajstić information content (AvgIpc) is 3.70. The molecule has 1 aromatic carbocycles. The summed E-state index contributed by atoms with van der Waals surface area (Å²) < 4.78 is 23.5. The lowest BCUT2D eigenvalue weighted by Gasteiger charge is -2.52. The summed E-state index contributed by atoms with van der Waals surface area (Å²) in [5, 5.41) is 42.9. The third kappa shape index (κ3) is 5.31. The molecule has 1 saturated heterocycles.